The van der Waals surface area contributed by atoms with Crippen LogP contribution in [0.15, 0.2) is 32.3 Å². The highest BCUT2D eigenvalue weighted by Crippen LogP contribution is 2.39. The van der Waals surface area contributed by atoms with Crippen LogP contribution in [0.2, 0.25) is 0 Å². The molecule has 0 saturated heterocycles. The lowest BCUT2D eigenvalue weighted by molar-refractivity contribution is -0.145. The number of fused-ring (bicyclic) bond motifs is 2. The van der Waals surface area contributed by atoms with E-state index in [1.807, 2.05) is 0 Å². The number of benzene rings is 2. The van der Waals surface area contributed by atoms with E-state index in [0.717, 1.165) is 18.9 Å². The van der Waals surface area contributed by atoms with E-state index in [0.29, 0.717) is 5.56 Å². The second-order valence-electron chi connectivity index (χ2n) is 6.40. The van der Waals surface area contributed by atoms with E-state index >= 15 is 0 Å². The molecule has 0 unspecified atom stereocenters. The molecular formula is C20H18O9S. The molecule has 30 heavy (non-hydrogen) atoms. The highest BCUT2D eigenvalue weighted by molar-refractivity contribution is 7.99. The Labute approximate surface area is 173 Å². The minimum absolute atomic E-state index is 0.0258. The molecule has 0 amide bonds. The molecule has 0 aliphatic heterocycles. The minimum Gasteiger partial charge on any atom is -0.507 e. The molecule has 3 rings (SSSR count). The first-order valence-electron chi connectivity index (χ1n) is 8.62. The number of carboxylic acid groups (broad SMARTS) is 1. The molecule has 3 aromatic rings. The quantitative estimate of drug-likeness (QED) is 0.300. The Balaban J connectivity index is 2.41. The van der Waals surface area contributed by atoms with Crippen LogP contribution in [0.3, 0.4) is 0 Å². The number of aromatic hydroxyl groups is 1. The monoisotopic (exact) mass is 434 g/mol. The summed E-state index contributed by atoms with van der Waals surface area (Å²) in [4.78, 5) is 36.9. The highest BCUT2D eigenvalue weighted by atomic mass is 32.2. The lowest BCUT2D eigenvalue weighted by Gasteiger charge is -2.16. The number of carbonyl (C=O) groups excluding carboxylic acids is 1. The molecule has 3 N–H and O–H groups in total. The molecule has 0 fully saturated rings. The highest BCUT2D eigenvalue weighted by Gasteiger charge is 2.27. The number of aliphatic carboxylic acids is 1. The number of hydrogen-bond acceptors (Lipinski definition) is 9. The smallest absolute Gasteiger partial charge is 0.340 e. The summed E-state index contributed by atoms with van der Waals surface area (Å²) in [5.41, 5.74) is -0.0440. The number of phenolic OH excluding ortho intramolecular Hbond substituents is 1. The summed E-state index contributed by atoms with van der Waals surface area (Å²) in [5.74, 6) is -2.81. The predicted molar refractivity (Wildman–Crippen MR) is 109 cm³/mol. The fourth-order valence-corrected chi connectivity index (χ4v) is 4.12. The number of carboxylic acids is 1. The summed E-state index contributed by atoms with van der Waals surface area (Å²) in [5, 5.41) is 28.6. The van der Waals surface area contributed by atoms with Crippen LogP contribution in [0.25, 0.3) is 21.9 Å². The number of aryl methyl sites for hydroxylation is 1. The largest absolute Gasteiger partial charge is 0.507 e. The first-order chi connectivity index (χ1) is 14.2. The molecule has 158 valence electrons. The van der Waals surface area contributed by atoms with Gasteiger partial charge in [0.15, 0.2) is 6.10 Å². The van der Waals surface area contributed by atoms with E-state index < -0.39 is 23.5 Å². The summed E-state index contributed by atoms with van der Waals surface area (Å²) >= 11 is 0.814. The van der Waals surface area contributed by atoms with Gasteiger partial charge in [0.1, 0.15) is 28.1 Å². The van der Waals surface area contributed by atoms with Gasteiger partial charge in [0.05, 0.1) is 30.1 Å². The SMILES string of the molecule is COC(=O)c1c(SC[C@H](O)C(=O)O)c(OC)cc2oc3cc(C)cc(O)c3c(=O)c12. The molecule has 1 atom stereocenters. The van der Waals surface area contributed by atoms with Crippen LogP contribution in [-0.2, 0) is 9.53 Å². The predicted octanol–water partition coefficient (Wildman–Crippen LogP) is 2.29. The van der Waals surface area contributed by atoms with E-state index in [4.69, 9.17) is 19.0 Å². The standard InChI is InChI=1S/C20H18O9S/c1-8-4-9(21)14-11(5-8)29-12-6-13(27-2)18(30-7-10(22)19(24)25)16(20(26)28-3)15(12)17(14)23/h4-6,10,21-22H,7H2,1-3H3,(H,24,25)/t10-/m0/s1. The van der Waals surface area contributed by atoms with E-state index in [9.17, 15) is 24.6 Å². The van der Waals surface area contributed by atoms with Crippen molar-refractivity contribution in [1.82, 2.24) is 0 Å². The van der Waals surface area contributed by atoms with Crippen molar-refractivity contribution in [2.75, 3.05) is 20.0 Å². The summed E-state index contributed by atoms with van der Waals surface area (Å²) in [6.07, 6.45) is -1.71. The number of hydrogen-bond donors (Lipinski definition) is 3. The summed E-state index contributed by atoms with van der Waals surface area (Å²) in [7, 11) is 2.45. The lowest BCUT2D eigenvalue weighted by atomic mass is 10.0. The topological polar surface area (TPSA) is 144 Å². The van der Waals surface area contributed by atoms with E-state index in [1.165, 1.54) is 19.2 Å². The molecule has 10 heteroatoms. The number of thioether (sulfide) groups is 1. The molecule has 0 bridgehead atoms. The first kappa shape index (κ1) is 21.5. The van der Waals surface area contributed by atoms with Gasteiger partial charge in [-0.15, -0.1) is 11.8 Å². The maximum atomic E-state index is 13.2. The van der Waals surface area contributed by atoms with Crippen molar-refractivity contribution in [1.29, 1.82) is 0 Å². The average molecular weight is 434 g/mol. The normalized spacial score (nSPS) is 12.1. The van der Waals surface area contributed by atoms with Crippen molar-refractivity contribution in [3.63, 3.8) is 0 Å². The number of rotatable bonds is 6. The van der Waals surface area contributed by atoms with Gasteiger partial charge in [-0.3, -0.25) is 4.79 Å². The van der Waals surface area contributed by atoms with Crippen LogP contribution in [0, 0.1) is 6.92 Å². The van der Waals surface area contributed by atoms with Crippen LogP contribution >= 0.6 is 11.8 Å². The number of ether oxygens (including phenoxy) is 2. The van der Waals surface area contributed by atoms with Gasteiger partial charge in [-0.2, -0.15) is 0 Å². The zero-order chi connectivity index (χ0) is 22.2. The van der Waals surface area contributed by atoms with E-state index in [-0.39, 0.29) is 49.6 Å². The van der Waals surface area contributed by atoms with Crippen molar-refractivity contribution in [2.24, 2.45) is 0 Å². The Hall–Kier alpha value is -3.24. The van der Waals surface area contributed by atoms with Crippen molar-refractivity contribution >= 4 is 45.6 Å². The third-order valence-electron chi connectivity index (χ3n) is 4.39. The molecule has 1 aromatic heterocycles. The van der Waals surface area contributed by atoms with Crippen molar-refractivity contribution < 1.29 is 38.8 Å². The zero-order valence-electron chi connectivity index (χ0n) is 16.2. The third-order valence-corrected chi connectivity index (χ3v) is 5.57. The van der Waals surface area contributed by atoms with Crippen molar-refractivity contribution in [3.05, 3.63) is 39.5 Å². The number of esters is 1. The number of methoxy groups -OCH3 is 2. The summed E-state index contributed by atoms with van der Waals surface area (Å²) in [6.45, 7) is 1.72. The molecule has 0 saturated carbocycles. The number of aliphatic hydroxyl groups is 1. The van der Waals surface area contributed by atoms with Gasteiger partial charge in [0.2, 0.25) is 5.43 Å². The molecule has 0 aliphatic carbocycles. The molecule has 0 aliphatic rings. The van der Waals surface area contributed by atoms with Crippen LogP contribution in [0.5, 0.6) is 11.5 Å². The molecule has 1 heterocycles. The Morgan fingerprint density at radius 3 is 2.43 bits per heavy atom. The first-order valence-corrected chi connectivity index (χ1v) is 9.61. The lowest BCUT2D eigenvalue weighted by Crippen LogP contribution is -2.22. The van der Waals surface area contributed by atoms with Gasteiger partial charge in [0, 0.05) is 11.8 Å². The Morgan fingerprint density at radius 1 is 1.17 bits per heavy atom. The molecule has 9 nitrogen and oxygen atoms in total. The summed E-state index contributed by atoms with van der Waals surface area (Å²) in [6, 6.07) is 4.36. The van der Waals surface area contributed by atoms with Gasteiger partial charge in [-0.25, -0.2) is 9.59 Å². The van der Waals surface area contributed by atoms with Crippen LogP contribution in [-0.4, -0.2) is 53.3 Å². The van der Waals surface area contributed by atoms with Crippen LogP contribution < -0.4 is 10.2 Å². The van der Waals surface area contributed by atoms with Crippen LogP contribution in [0.1, 0.15) is 15.9 Å². The Bertz CT molecular complexity index is 1230. The molecule has 0 spiro atoms. The second-order valence-corrected chi connectivity index (χ2v) is 7.43. The van der Waals surface area contributed by atoms with Crippen LogP contribution in [0.4, 0.5) is 0 Å². The third kappa shape index (κ3) is 3.66. The average Bonchev–Trinajstić information content (AvgIpc) is 2.69. The van der Waals surface area contributed by atoms with Gasteiger partial charge in [0.25, 0.3) is 0 Å². The second kappa shape index (κ2) is 8.25. The molecule has 2 aromatic carbocycles. The van der Waals surface area contributed by atoms with Crippen molar-refractivity contribution in [2.45, 2.75) is 17.9 Å². The number of aliphatic hydroxyl groups excluding tert-OH is 1. The van der Waals surface area contributed by atoms with Gasteiger partial charge < -0.3 is 29.2 Å². The molecule has 0 radical (unpaired) electrons. The maximum absolute atomic E-state index is 13.2. The van der Waals surface area contributed by atoms with Crippen molar-refractivity contribution in [3.8, 4) is 11.5 Å². The summed E-state index contributed by atoms with van der Waals surface area (Å²) < 4.78 is 15.9. The van der Waals surface area contributed by atoms with Gasteiger partial charge in [-0.05, 0) is 24.6 Å². The number of carbonyl (C=O) groups is 2. The minimum atomic E-state index is -1.71. The van der Waals surface area contributed by atoms with Gasteiger partial charge >= 0.3 is 11.9 Å². The maximum Gasteiger partial charge on any atom is 0.340 e. The fourth-order valence-electron chi connectivity index (χ4n) is 3.03. The van der Waals surface area contributed by atoms with E-state index in [1.54, 1.807) is 13.0 Å². The molecular weight excluding hydrogens is 416 g/mol. The fraction of sp³-hybridized carbons (Fsp3) is 0.250. The Kier molecular flexibility index (Phi) is 5.90. The zero-order valence-corrected chi connectivity index (χ0v) is 17.0. The van der Waals surface area contributed by atoms with Gasteiger partial charge in [-0.1, -0.05) is 0 Å². The van der Waals surface area contributed by atoms with E-state index in [2.05, 4.69) is 0 Å². The Morgan fingerprint density at radius 2 is 1.83 bits per heavy atom. The number of phenols is 1.